The molecule has 3 aromatic carbocycles. The number of amides is 2. The second-order valence-electron chi connectivity index (χ2n) is 7.88. The van der Waals surface area contributed by atoms with Crippen molar-refractivity contribution in [1.29, 1.82) is 0 Å². The summed E-state index contributed by atoms with van der Waals surface area (Å²) in [7, 11) is 0. The Labute approximate surface area is 201 Å². The molecular formula is C27H22N6O2. The molecule has 0 atom stereocenters. The molecule has 0 saturated carbocycles. The van der Waals surface area contributed by atoms with Crippen LogP contribution >= 0.6 is 0 Å². The van der Waals surface area contributed by atoms with Gasteiger partial charge in [0.25, 0.3) is 11.8 Å². The van der Waals surface area contributed by atoms with Gasteiger partial charge in [0, 0.05) is 18.3 Å². The van der Waals surface area contributed by atoms with Crippen molar-refractivity contribution in [2.45, 2.75) is 6.54 Å². The van der Waals surface area contributed by atoms with E-state index in [9.17, 15) is 9.59 Å². The van der Waals surface area contributed by atoms with E-state index in [0.29, 0.717) is 18.1 Å². The monoisotopic (exact) mass is 462 g/mol. The van der Waals surface area contributed by atoms with E-state index in [4.69, 9.17) is 5.73 Å². The predicted molar refractivity (Wildman–Crippen MR) is 135 cm³/mol. The molecule has 0 aliphatic carbocycles. The number of primary amides is 1. The lowest BCUT2D eigenvalue weighted by molar-refractivity contribution is 0.100. The summed E-state index contributed by atoms with van der Waals surface area (Å²) in [5.41, 5.74) is 9.71. The second-order valence-corrected chi connectivity index (χ2v) is 7.88. The van der Waals surface area contributed by atoms with E-state index in [0.717, 1.165) is 22.2 Å². The van der Waals surface area contributed by atoms with Crippen LogP contribution in [-0.2, 0) is 6.54 Å². The van der Waals surface area contributed by atoms with E-state index in [2.05, 4.69) is 20.7 Å². The van der Waals surface area contributed by atoms with E-state index in [1.165, 1.54) is 0 Å². The first kappa shape index (κ1) is 21.8. The Kier molecular flexibility index (Phi) is 5.92. The standard InChI is InChI=1S/C27H22N6O2/c28-24(34)21-13-7-8-14-22(21)30-27(35)26-31-25(29-17-18-9-3-1-4-10-18)23-20(15-16-33(23)32-26)19-11-5-2-6-12-19/h1-16H,17H2,(H2,28,34)(H,30,35)(H,29,31,32). The maximum absolute atomic E-state index is 13.1. The maximum Gasteiger partial charge on any atom is 0.295 e. The normalized spacial score (nSPS) is 10.7. The van der Waals surface area contributed by atoms with Crippen molar-refractivity contribution in [3.05, 3.63) is 114 Å². The summed E-state index contributed by atoms with van der Waals surface area (Å²) in [5, 5.41) is 10.5. The number of rotatable bonds is 7. The fourth-order valence-electron chi connectivity index (χ4n) is 3.86. The lowest BCUT2D eigenvalue weighted by atomic mass is 10.1. The number of fused-ring (bicyclic) bond motifs is 1. The summed E-state index contributed by atoms with van der Waals surface area (Å²) in [6, 6.07) is 28.3. The van der Waals surface area contributed by atoms with Crippen molar-refractivity contribution in [3.8, 4) is 11.1 Å². The van der Waals surface area contributed by atoms with Gasteiger partial charge in [-0.15, -0.1) is 5.10 Å². The second kappa shape index (κ2) is 9.48. The van der Waals surface area contributed by atoms with Crippen LogP contribution in [0.2, 0.25) is 0 Å². The third-order valence-electron chi connectivity index (χ3n) is 5.54. The SMILES string of the molecule is NC(=O)c1ccccc1NC(=O)c1nc(NCc2ccccc2)c2c(-c3ccccc3)ccn2n1. The molecule has 8 nitrogen and oxygen atoms in total. The first-order chi connectivity index (χ1) is 17.1. The number of nitrogens with two attached hydrogens (primary N) is 1. The third-order valence-corrected chi connectivity index (χ3v) is 5.54. The molecule has 0 bridgehead atoms. The summed E-state index contributed by atoms with van der Waals surface area (Å²) in [4.78, 5) is 29.4. The van der Waals surface area contributed by atoms with Gasteiger partial charge in [0.2, 0.25) is 5.82 Å². The largest absolute Gasteiger partial charge is 0.366 e. The van der Waals surface area contributed by atoms with Crippen molar-refractivity contribution in [2.75, 3.05) is 10.6 Å². The molecule has 0 spiro atoms. The number of carbonyl (C=O) groups is 2. The summed E-state index contributed by atoms with van der Waals surface area (Å²) in [6.07, 6.45) is 1.79. The van der Waals surface area contributed by atoms with Gasteiger partial charge in [-0.2, -0.15) is 0 Å². The molecule has 8 heteroatoms. The van der Waals surface area contributed by atoms with Crippen LogP contribution < -0.4 is 16.4 Å². The lowest BCUT2D eigenvalue weighted by Crippen LogP contribution is -2.21. The first-order valence-corrected chi connectivity index (χ1v) is 11.0. The number of carbonyl (C=O) groups excluding carboxylic acids is 2. The number of hydrogen-bond acceptors (Lipinski definition) is 5. The van der Waals surface area contributed by atoms with Crippen molar-refractivity contribution in [3.63, 3.8) is 0 Å². The average Bonchev–Trinajstić information content (AvgIpc) is 3.33. The van der Waals surface area contributed by atoms with E-state index in [1.807, 2.05) is 66.7 Å². The molecule has 5 rings (SSSR count). The summed E-state index contributed by atoms with van der Waals surface area (Å²) in [5.74, 6) is -0.734. The van der Waals surface area contributed by atoms with Gasteiger partial charge in [0.05, 0.1) is 11.3 Å². The zero-order valence-corrected chi connectivity index (χ0v) is 18.7. The Morgan fingerprint density at radius 3 is 2.29 bits per heavy atom. The Bertz CT molecular complexity index is 1510. The van der Waals surface area contributed by atoms with Crippen LogP contribution in [0.5, 0.6) is 0 Å². The highest BCUT2D eigenvalue weighted by atomic mass is 16.2. The minimum atomic E-state index is -0.639. The zero-order valence-electron chi connectivity index (χ0n) is 18.7. The molecule has 2 heterocycles. The Hall–Kier alpha value is -4.98. The number of aromatic nitrogens is 3. The van der Waals surface area contributed by atoms with Gasteiger partial charge in [-0.25, -0.2) is 9.50 Å². The number of para-hydroxylation sites is 1. The van der Waals surface area contributed by atoms with Crippen molar-refractivity contribution < 1.29 is 9.59 Å². The van der Waals surface area contributed by atoms with Gasteiger partial charge in [0.15, 0.2) is 5.82 Å². The highest BCUT2D eigenvalue weighted by molar-refractivity contribution is 6.07. The van der Waals surface area contributed by atoms with Crippen molar-refractivity contribution in [1.82, 2.24) is 14.6 Å². The van der Waals surface area contributed by atoms with Gasteiger partial charge in [-0.1, -0.05) is 72.8 Å². The van der Waals surface area contributed by atoms with Gasteiger partial charge >= 0.3 is 0 Å². The number of anilines is 2. The number of hydrogen-bond donors (Lipinski definition) is 3. The molecule has 5 aromatic rings. The van der Waals surface area contributed by atoms with Crippen LogP contribution in [0.15, 0.2) is 97.2 Å². The topological polar surface area (TPSA) is 114 Å². The maximum atomic E-state index is 13.1. The van der Waals surface area contributed by atoms with E-state index < -0.39 is 11.8 Å². The molecule has 0 unspecified atom stereocenters. The molecule has 0 fully saturated rings. The summed E-state index contributed by atoms with van der Waals surface area (Å²) in [6.45, 7) is 0.512. The van der Waals surface area contributed by atoms with Crippen molar-refractivity contribution in [2.24, 2.45) is 5.73 Å². The van der Waals surface area contributed by atoms with Crippen molar-refractivity contribution >= 4 is 28.8 Å². The third kappa shape index (κ3) is 4.58. The quantitative estimate of drug-likeness (QED) is 0.333. The summed E-state index contributed by atoms with van der Waals surface area (Å²) < 4.78 is 1.64. The number of nitrogens with zero attached hydrogens (tertiary/aromatic N) is 3. The van der Waals surface area contributed by atoms with Gasteiger partial charge in [0.1, 0.15) is 5.52 Å². The minimum Gasteiger partial charge on any atom is -0.366 e. The number of nitrogens with one attached hydrogen (secondary N) is 2. The minimum absolute atomic E-state index is 0.0532. The highest BCUT2D eigenvalue weighted by Crippen LogP contribution is 2.30. The summed E-state index contributed by atoms with van der Waals surface area (Å²) >= 11 is 0. The van der Waals surface area contributed by atoms with E-state index in [-0.39, 0.29) is 11.4 Å². The molecule has 0 aliphatic heterocycles. The van der Waals surface area contributed by atoms with Crippen LogP contribution in [0, 0.1) is 0 Å². The van der Waals surface area contributed by atoms with Crippen LogP contribution in [0.1, 0.15) is 26.5 Å². The van der Waals surface area contributed by atoms with E-state index >= 15 is 0 Å². The fraction of sp³-hybridized carbons (Fsp3) is 0.0370. The number of benzene rings is 3. The first-order valence-electron chi connectivity index (χ1n) is 11.0. The average molecular weight is 463 g/mol. The molecule has 0 aliphatic rings. The smallest absolute Gasteiger partial charge is 0.295 e. The molecule has 2 amide bonds. The molecule has 4 N–H and O–H groups in total. The highest BCUT2D eigenvalue weighted by Gasteiger charge is 2.19. The van der Waals surface area contributed by atoms with Crippen LogP contribution in [-0.4, -0.2) is 26.4 Å². The Morgan fingerprint density at radius 2 is 1.54 bits per heavy atom. The van der Waals surface area contributed by atoms with E-state index in [1.54, 1.807) is 35.0 Å². The van der Waals surface area contributed by atoms with Crippen LogP contribution in [0.25, 0.3) is 16.6 Å². The molecular weight excluding hydrogens is 440 g/mol. The molecule has 35 heavy (non-hydrogen) atoms. The van der Waals surface area contributed by atoms with Crippen LogP contribution in [0.4, 0.5) is 11.5 Å². The van der Waals surface area contributed by atoms with Gasteiger partial charge in [-0.05, 0) is 29.3 Å². The predicted octanol–water partition coefficient (Wildman–Crippen LogP) is 4.36. The Morgan fingerprint density at radius 1 is 0.857 bits per heavy atom. The van der Waals surface area contributed by atoms with Crippen LogP contribution in [0.3, 0.4) is 0 Å². The zero-order chi connectivity index (χ0) is 24.2. The molecule has 172 valence electrons. The molecule has 2 aromatic heterocycles. The fourth-order valence-corrected chi connectivity index (χ4v) is 3.86. The van der Waals surface area contributed by atoms with Gasteiger partial charge in [-0.3, -0.25) is 9.59 Å². The lowest BCUT2D eigenvalue weighted by Gasteiger charge is -2.12. The molecule has 0 saturated heterocycles. The molecule has 0 radical (unpaired) electrons. The van der Waals surface area contributed by atoms with Gasteiger partial charge < -0.3 is 16.4 Å². The Balaban J connectivity index is 1.55.